The van der Waals surface area contributed by atoms with Crippen molar-refractivity contribution in [1.82, 2.24) is 15.2 Å². The molecule has 0 saturated carbocycles. The minimum atomic E-state index is -4.47. The lowest BCUT2D eigenvalue weighted by atomic mass is 10.3. The second-order valence-corrected chi connectivity index (χ2v) is 2.50. The highest BCUT2D eigenvalue weighted by Gasteiger charge is 2.35. The SMILES string of the molecule is NCCCc1nc(C(F)(F)F)n[nH]1. The van der Waals surface area contributed by atoms with Crippen LogP contribution < -0.4 is 5.73 Å². The van der Waals surface area contributed by atoms with E-state index in [1.165, 1.54) is 0 Å². The highest BCUT2D eigenvalue weighted by molar-refractivity contribution is 4.94. The largest absolute Gasteiger partial charge is 0.453 e. The third-order valence-corrected chi connectivity index (χ3v) is 1.40. The molecule has 0 amide bonds. The molecule has 4 nitrogen and oxygen atoms in total. The summed E-state index contributed by atoms with van der Waals surface area (Å²) in [6, 6.07) is 0. The molecule has 7 heteroatoms. The van der Waals surface area contributed by atoms with Crippen molar-refractivity contribution in [3.63, 3.8) is 0 Å². The van der Waals surface area contributed by atoms with E-state index in [1.807, 2.05) is 0 Å². The van der Waals surface area contributed by atoms with Crippen LogP contribution in [0, 0.1) is 0 Å². The first kappa shape index (κ1) is 9.97. The molecule has 0 saturated heterocycles. The van der Waals surface area contributed by atoms with E-state index in [4.69, 9.17) is 5.73 Å². The maximum absolute atomic E-state index is 12.0. The summed E-state index contributed by atoms with van der Waals surface area (Å²) in [6.45, 7) is 0.419. The number of alkyl halides is 3. The van der Waals surface area contributed by atoms with E-state index in [0.29, 0.717) is 19.4 Å². The van der Waals surface area contributed by atoms with Gasteiger partial charge in [-0.2, -0.15) is 13.2 Å². The van der Waals surface area contributed by atoms with Crippen LogP contribution in [-0.4, -0.2) is 21.7 Å². The van der Waals surface area contributed by atoms with Crippen LogP contribution in [0.4, 0.5) is 13.2 Å². The number of H-pyrrole nitrogens is 1. The highest BCUT2D eigenvalue weighted by atomic mass is 19.4. The van der Waals surface area contributed by atoms with Gasteiger partial charge in [-0.25, -0.2) is 4.98 Å². The summed E-state index contributed by atoms with van der Waals surface area (Å²) in [7, 11) is 0. The maximum atomic E-state index is 12.0. The van der Waals surface area contributed by atoms with Crippen molar-refractivity contribution >= 4 is 0 Å². The lowest BCUT2D eigenvalue weighted by Crippen LogP contribution is -2.07. The van der Waals surface area contributed by atoms with E-state index < -0.39 is 12.0 Å². The molecule has 0 spiro atoms. The van der Waals surface area contributed by atoms with Crippen LogP contribution in [0.5, 0.6) is 0 Å². The quantitative estimate of drug-likeness (QED) is 0.744. The number of nitrogens with two attached hydrogens (primary N) is 1. The predicted molar refractivity (Wildman–Crippen MR) is 38.8 cm³/mol. The van der Waals surface area contributed by atoms with Gasteiger partial charge in [-0.3, -0.25) is 5.10 Å². The van der Waals surface area contributed by atoms with Gasteiger partial charge >= 0.3 is 6.18 Å². The molecule has 0 bridgehead atoms. The zero-order valence-electron chi connectivity index (χ0n) is 6.73. The summed E-state index contributed by atoms with van der Waals surface area (Å²) < 4.78 is 35.9. The van der Waals surface area contributed by atoms with Crippen molar-refractivity contribution in [1.29, 1.82) is 0 Å². The fraction of sp³-hybridized carbons (Fsp3) is 0.667. The number of nitrogens with zero attached hydrogens (tertiary/aromatic N) is 2. The van der Waals surface area contributed by atoms with E-state index in [2.05, 4.69) is 15.2 Å². The zero-order valence-corrected chi connectivity index (χ0v) is 6.73. The van der Waals surface area contributed by atoms with Crippen LogP contribution in [0.3, 0.4) is 0 Å². The molecule has 0 fully saturated rings. The average Bonchev–Trinajstić information content (AvgIpc) is 2.47. The van der Waals surface area contributed by atoms with E-state index in [-0.39, 0.29) is 5.82 Å². The van der Waals surface area contributed by atoms with Crippen molar-refractivity contribution in [3.05, 3.63) is 11.6 Å². The van der Waals surface area contributed by atoms with Crippen molar-refractivity contribution in [3.8, 4) is 0 Å². The Morgan fingerprint density at radius 1 is 1.38 bits per heavy atom. The number of aromatic amines is 1. The van der Waals surface area contributed by atoms with Crippen molar-refractivity contribution in [2.45, 2.75) is 19.0 Å². The summed E-state index contributed by atoms with van der Waals surface area (Å²) in [6.07, 6.45) is -3.50. The molecule has 1 aromatic rings. The maximum Gasteiger partial charge on any atom is 0.453 e. The van der Waals surface area contributed by atoms with Gasteiger partial charge in [-0.15, -0.1) is 5.10 Å². The molecule has 1 heterocycles. The van der Waals surface area contributed by atoms with Crippen molar-refractivity contribution in [2.24, 2.45) is 5.73 Å². The summed E-state index contributed by atoms with van der Waals surface area (Å²) in [5.41, 5.74) is 5.18. The van der Waals surface area contributed by atoms with Crippen LogP contribution in [0.25, 0.3) is 0 Å². The number of hydrogen-bond acceptors (Lipinski definition) is 3. The first-order chi connectivity index (χ1) is 6.04. The highest BCUT2D eigenvalue weighted by Crippen LogP contribution is 2.25. The number of nitrogens with one attached hydrogen (secondary N) is 1. The van der Waals surface area contributed by atoms with Gasteiger partial charge in [0.1, 0.15) is 5.82 Å². The Bertz CT molecular complexity index is 267. The third kappa shape index (κ3) is 2.69. The van der Waals surface area contributed by atoms with Crippen molar-refractivity contribution < 1.29 is 13.2 Å². The van der Waals surface area contributed by atoms with Gasteiger partial charge in [0.25, 0.3) is 5.82 Å². The Morgan fingerprint density at radius 3 is 2.54 bits per heavy atom. The lowest BCUT2D eigenvalue weighted by Gasteiger charge is -1.97. The Hall–Kier alpha value is -1.11. The van der Waals surface area contributed by atoms with Crippen LogP contribution in [0.1, 0.15) is 18.1 Å². The Kier molecular flexibility index (Phi) is 2.86. The Labute approximate surface area is 72.3 Å². The van der Waals surface area contributed by atoms with Crippen LogP contribution in [0.15, 0.2) is 0 Å². The van der Waals surface area contributed by atoms with Gasteiger partial charge in [0, 0.05) is 6.42 Å². The molecule has 74 valence electrons. The van der Waals surface area contributed by atoms with Crippen LogP contribution in [0.2, 0.25) is 0 Å². The molecular weight excluding hydrogens is 185 g/mol. The number of hydrogen-bond donors (Lipinski definition) is 2. The minimum absolute atomic E-state index is 0.220. The number of rotatable bonds is 3. The van der Waals surface area contributed by atoms with Gasteiger partial charge in [0.2, 0.25) is 0 Å². The topological polar surface area (TPSA) is 67.6 Å². The molecule has 13 heavy (non-hydrogen) atoms. The Morgan fingerprint density at radius 2 is 2.08 bits per heavy atom. The minimum Gasteiger partial charge on any atom is -0.330 e. The standard InChI is InChI=1S/C6H9F3N4/c7-6(8,9)5-11-4(12-13-5)2-1-3-10/h1-3,10H2,(H,11,12,13). The first-order valence-electron chi connectivity index (χ1n) is 3.72. The molecular formula is C6H9F3N4. The van der Waals surface area contributed by atoms with E-state index in [0.717, 1.165) is 0 Å². The van der Waals surface area contributed by atoms with E-state index in [9.17, 15) is 13.2 Å². The van der Waals surface area contributed by atoms with Crippen LogP contribution in [-0.2, 0) is 12.6 Å². The summed E-state index contributed by atoms with van der Waals surface area (Å²) >= 11 is 0. The smallest absolute Gasteiger partial charge is 0.330 e. The first-order valence-corrected chi connectivity index (χ1v) is 3.72. The average molecular weight is 194 g/mol. The van der Waals surface area contributed by atoms with Gasteiger partial charge in [0.05, 0.1) is 0 Å². The van der Waals surface area contributed by atoms with Gasteiger partial charge in [-0.1, -0.05) is 0 Å². The molecule has 0 aliphatic heterocycles. The van der Waals surface area contributed by atoms with Crippen LogP contribution >= 0.6 is 0 Å². The summed E-state index contributed by atoms with van der Waals surface area (Å²) in [5, 5.41) is 5.25. The monoisotopic (exact) mass is 194 g/mol. The summed E-state index contributed by atoms with van der Waals surface area (Å²) in [4.78, 5) is 3.27. The van der Waals surface area contributed by atoms with E-state index in [1.54, 1.807) is 0 Å². The molecule has 0 aromatic carbocycles. The molecule has 0 aliphatic rings. The second kappa shape index (κ2) is 3.73. The second-order valence-electron chi connectivity index (χ2n) is 2.50. The number of halogens is 3. The molecule has 1 rings (SSSR count). The van der Waals surface area contributed by atoms with E-state index >= 15 is 0 Å². The van der Waals surface area contributed by atoms with Gasteiger partial charge in [0.15, 0.2) is 0 Å². The Balaban J connectivity index is 2.64. The normalized spacial score (nSPS) is 12.0. The molecule has 0 unspecified atom stereocenters. The van der Waals surface area contributed by atoms with Gasteiger partial charge in [-0.05, 0) is 13.0 Å². The molecule has 0 aliphatic carbocycles. The zero-order chi connectivity index (χ0) is 9.90. The summed E-state index contributed by atoms with van der Waals surface area (Å²) in [5.74, 6) is -0.905. The fourth-order valence-electron chi connectivity index (χ4n) is 0.803. The van der Waals surface area contributed by atoms with Gasteiger partial charge < -0.3 is 5.73 Å². The number of aromatic nitrogens is 3. The molecule has 3 N–H and O–H groups in total. The predicted octanol–water partition coefficient (Wildman–Crippen LogP) is 0.715. The lowest BCUT2D eigenvalue weighted by molar-refractivity contribution is -0.144. The van der Waals surface area contributed by atoms with Crippen molar-refractivity contribution in [2.75, 3.05) is 6.54 Å². The third-order valence-electron chi connectivity index (χ3n) is 1.40. The molecule has 0 radical (unpaired) electrons. The molecule has 0 atom stereocenters. The fourth-order valence-corrected chi connectivity index (χ4v) is 0.803. The molecule has 1 aromatic heterocycles. The number of aryl methyl sites for hydroxylation is 1.